The van der Waals surface area contributed by atoms with Gasteiger partial charge in [0.25, 0.3) is 0 Å². The summed E-state index contributed by atoms with van der Waals surface area (Å²) in [6.45, 7) is 0. The van der Waals surface area contributed by atoms with Gasteiger partial charge in [0.05, 0.1) is 15.3 Å². The second-order valence-corrected chi connectivity index (χ2v) is 0.671. The zero-order valence-corrected chi connectivity index (χ0v) is 15.5. The Hall–Kier alpha value is -2.60. The Labute approximate surface area is 178 Å². The molecular formula is H36FeN3O27. The Kier molecular flexibility index (Phi) is 7830. The first kappa shape index (κ1) is 521. The maximum Gasteiger partial charge on any atom is 3.00 e. The SMILES string of the molecule is O.O.O.O.O.O.O.O.O.O.O.O.O.O.O.O.O.O.O=[N+]([O-])[O-].O=[N+]([O-])[O-].O=[N+]([O-])[O-].[Fe+3]. The molecule has 31 heavy (non-hydrogen) atoms. The summed E-state index contributed by atoms with van der Waals surface area (Å²) in [6.07, 6.45) is 0. The fourth-order valence-corrected chi connectivity index (χ4v) is 0. The zero-order chi connectivity index (χ0) is 10.7. The minimum atomic E-state index is -1.75. The van der Waals surface area contributed by atoms with E-state index < -0.39 is 15.3 Å². The van der Waals surface area contributed by atoms with Crippen LogP contribution in [0.3, 0.4) is 0 Å². The molecule has 0 saturated carbocycles. The van der Waals surface area contributed by atoms with Crippen molar-refractivity contribution in [2.75, 3.05) is 0 Å². The van der Waals surface area contributed by atoms with Crippen molar-refractivity contribution < 1.29 is 131 Å². The quantitative estimate of drug-likeness (QED) is 0.152. The Balaban J connectivity index is -0.00000000150. The van der Waals surface area contributed by atoms with E-state index in [-0.39, 0.29) is 116 Å². The molecule has 30 nitrogen and oxygen atoms in total. The summed E-state index contributed by atoms with van der Waals surface area (Å²) in [5.74, 6) is 0. The Morgan fingerprint density at radius 2 is 0.258 bits per heavy atom. The van der Waals surface area contributed by atoms with Crippen LogP contribution in [0.15, 0.2) is 0 Å². The van der Waals surface area contributed by atoms with Gasteiger partial charge in [0.2, 0.25) is 0 Å². The topological polar surface area (TPSA) is 766 Å². The molecule has 1 radical (unpaired) electrons. The Morgan fingerprint density at radius 3 is 0.258 bits per heavy atom. The molecule has 0 heterocycles. The van der Waals surface area contributed by atoms with Crippen molar-refractivity contribution in [3.05, 3.63) is 46.0 Å². The smallest absolute Gasteiger partial charge is 0.412 e. The van der Waals surface area contributed by atoms with Gasteiger partial charge in [0.1, 0.15) is 0 Å². The van der Waals surface area contributed by atoms with Crippen molar-refractivity contribution >= 4 is 0 Å². The van der Waals surface area contributed by atoms with Gasteiger partial charge in [0, 0.05) is 0 Å². The molecule has 0 unspecified atom stereocenters. The maximum atomic E-state index is 8.25. The number of hydrogen-bond acceptors (Lipinski definition) is 9. The van der Waals surface area contributed by atoms with Gasteiger partial charge in [-0.1, -0.05) is 0 Å². The molecule has 0 aliphatic rings. The molecule has 0 aromatic carbocycles. The summed E-state index contributed by atoms with van der Waals surface area (Å²) < 4.78 is 0. The maximum absolute atomic E-state index is 8.25. The summed E-state index contributed by atoms with van der Waals surface area (Å²) in [6, 6.07) is 0. The molecule has 0 aliphatic carbocycles. The summed E-state index contributed by atoms with van der Waals surface area (Å²) in [5, 5.41) is 44.2. The molecule has 0 aromatic rings. The van der Waals surface area contributed by atoms with Crippen molar-refractivity contribution in [2.24, 2.45) is 0 Å². The predicted octanol–water partition coefficient (Wildman–Crippen LogP) is -15.6. The summed E-state index contributed by atoms with van der Waals surface area (Å²) in [5.41, 5.74) is 0. The summed E-state index contributed by atoms with van der Waals surface area (Å²) in [7, 11) is 0. The van der Waals surface area contributed by atoms with Crippen molar-refractivity contribution in [2.45, 2.75) is 0 Å². The van der Waals surface area contributed by atoms with E-state index in [1.807, 2.05) is 0 Å². The van der Waals surface area contributed by atoms with E-state index in [0.29, 0.717) is 0 Å². The van der Waals surface area contributed by atoms with Crippen LogP contribution in [0.25, 0.3) is 0 Å². The molecule has 0 aromatic heterocycles. The molecule has 31 heteroatoms. The molecule has 0 atom stereocenters. The number of rotatable bonds is 0. The van der Waals surface area contributed by atoms with Crippen LogP contribution in [0.5, 0.6) is 0 Å². The normalized spacial score (nSPS) is 2.32. The standard InChI is InChI=1S/Fe.3NO3.18H2O/c;3*2-1(3)4;;;;;;;;;;;;;;;;;;/h;;;;18*1H2/q+3;3*-1;;;;;;;;;;;;;;;;;;. The van der Waals surface area contributed by atoms with Gasteiger partial charge >= 0.3 is 17.1 Å². The van der Waals surface area contributed by atoms with Crippen molar-refractivity contribution in [3.63, 3.8) is 0 Å². The van der Waals surface area contributed by atoms with Crippen LogP contribution in [0, 0.1) is 46.0 Å². The van der Waals surface area contributed by atoms with Gasteiger partial charge in [-0.3, -0.25) is 0 Å². The van der Waals surface area contributed by atoms with E-state index in [1.165, 1.54) is 0 Å². The first-order chi connectivity index (χ1) is 5.20. The van der Waals surface area contributed by atoms with E-state index in [4.69, 9.17) is 46.0 Å². The van der Waals surface area contributed by atoms with E-state index in [9.17, 15) is 0 Å². The van der Waals surface area contributed by atoms with Gasteiger partial charge in [0.15, 0.2) is 0 Å². The Morgan fingerprint density at radius 1 is 0.258 bits per heavy atom. The third-order valence-corrected chi connectivity index (χ3v) is 0. The fraction of sp³-hybridized carbons (Fsp3) is 0. The molecule has 0 spiro atoms. The van der Waals surface area contributed by atoms with E-state index in [2.05, 4.69) is 0 Å². The van der Waals surface area contributed by atoms with Crippen molar-refractivity contribution in [3.8, 4) is 0 Å². The predicted molar refractivity (Wildman–Crippen MR) is 96.1 cm³/mol. The molecule has 0 aliphatic heterocycles. The average molecular weight is 566 g/mol. The molecule has 0 bridgehead atoms. The second kappa shape index (κ2) is 466. The summed E-state index contributed by atoms with van der Waals surface area (Å²) >= 11 is 0. The second-order valence-electron chi connectivity index (χ2n) is 0.671. The fourth-order valence-electron chi connectivity index (χ4n) is 0. The zero-order valence-electron chi connectivity index (χ0n) is 14.4. The number of hydrogen-bond donors (Lipinski definition) is 0. The molecule has 221 valence electrons. The molecule has 36 N–H and O–H groups in total. The average Bonchev–Trinajstić information content (AvgIpc) is 1.54. The largest absolute Gasteiger partial charge is 3.00 e. The van der Waals surface area contributed by atoms with Crippen LogP contribution >= 0.6 is 0 Å². The summed E-state index contributed by atoms with van der Waals surface area (Å²) in [4.78, 5) is 24.8. The molecular weight excluding hydrogens is 530 g/mol. The third kappa shape index (κ3) is 2610. The van der Waals surface area contributed by atoms with Gasteiger partial charge in [-0.25, -0.2) is 0 Å². The molecule has 0 rings (SSSR count). The first-order valence-electron chi connectivity index (χ1n) is 1.64. The minimum Gasteiger partial charge on any atom is -0.412 e. The third-order valence-electron chi connectivity index (χ3n) is 0. The van der Waals surface area contributed by atoms with Gasteiger partial charge < -0.3 is 145 Å². The molecule has 0 saturated heterocycles. The molecule has 0 amide bonds. The first-order valence-corrected chi connectivity index (χ1v) is 1.64. The van der Waals surface area contributed by atoms with E-state index in [1.54, 1.807) is 0 Å². The van der Waals surface area contributed by atoms with Gasteiger partial charge in [-0.2, -0.15) is 0 Å². The van der Waals surface area contributed by atoms with E-state index >= 15 is 0 Å². The van der Waals surface area contributed by atoms with Crippen LogP contribution in [0.4, 0.5) is 0 Å². The van der Waals surface area contributed by atoms with Crippen molar-refractivity contribution in [1.82, 2.24) is 0 Å². The van der Waals surface area contributed by atoms with Gasteiger partial charge in [-0.05, 0) is 0 Å². The van der Waals surface area contributed by atoms with Crippen LogP contribution in [0.1, 0.15) is 0 Å². The van der Waals surface area contributed by atoms with E-state index in [0.717, 1.165) is 0 Å². The van der Waals surface area contributed by atoms with Gasteiger partial charge in [-0.15, -0.1) is 0 Å². The van der Waals surface area contributed by atoms with Crippen LogP contribution in [-0.2, 0) is 17.1 Å². The molecule has 0 fully saturated rings. The number of nitrogens with zero attached hydrogens (tertiary/aromatic N) is 3. The monoisotopic (exact) mass is 566 g/mol. The van der Waals surface area contributed by atoms with Crippen molar-refractivity contribution in [1.29, 1.82) is 0 Å². The van der Waals surface area contributed by atoms with Crippen LogP contribution in [-0.4, -0.2) is 114 Å². The Bertz CT molecular complexity index is 118. The van der Waals surface area contributed by atoms with Crippen LogP contribution < -0.4 is 0 Å². The minimum absolute atomic E-state index is 0. The van der Waals surface area contributed by atoms with Crippen LogP contribution in [0.2, 0.25) is 0 Å².